The molecule has 2 nitrogen and oxygen atoms in total. The van der Waals surface area contributed by atoms with Crippen LogP contribution in [0.4, 0.5) is 8.78 Å². The van der Waals surface area contributed by atoms with Gasteiger partial charge in [0.1, 0.15) is 5.82 Å². The fourth-order valence-electron chi connectivity index (χ4n) is 5.09. The van der Waals surface area contributed by atoms with Gasteiger partial charge in [0.25, 0.3) is 0 Å². The van der Waals surface area contributed by atoms with Gasteiger partial charge in [-0.1, -0.05) is 68.3 Å². The summed E-state index contributed by atoms with van der Waals surface area (Å²) in [5, 5.41) is 3.32. The summed E-state index contributed by atoms with van der Waals surface area (Å²) in [6, 6.07) is 15.2. The SMILES string of the molecule is CCC(C)[C@@](CNC)(Cc1c(C)cc(F)c(Cl)c1-c1c(C)ccc(OC)c1F)c1ccccc1. The van der Waals surface area contributed by atoms with Crippen molar-refractivity contribution in [2.45, 2.75) is 46.0 Å². The topological polar surface area (TPSA) is 21.3 Å². The highest BCUT2D eigenvalue weighted by atomic mass is 35.5. The molecule has 0 saturated heterocycles. The van der Waals surface area contributed by atoms with Crippen molar-refractivity contribution in [3.8, 4) is 16.9 Å². The van der Waals surface area contributed by atoms with Crippen LogP contribution in [0.5, 0.6) is 5.75 Å². The minimum atomic E-state index is -0.554. The van der Waals surface area contributed by atoms with Crippen LogP contribution in [-0.4, -0.2) is 20.7 Å². The smallest absolute Gasteiger partial charge is 0.173 e. The van der Waals surface area contributed by atoms with E-state index in [4.69, 9.17) is 16.3 Å². The monoisotopic (exact) mass is 485 g/mol. The maximum Gasteiger partial charge on any atom is 0.173 e. The summed E-state index contributed by atoms with van der Waals surface area (Å²) in [4.78, 5) is 0. The molecule has 0 fully saturated rings. The second-order valence-corrected chi connectivity index (χ2v) is 9.53. The Hall–Kier alpha value is -2.43. The number of benzene rings is 3. The van der Waals surface area contributed by atoms with E-state index in [2.05, 4.69) is 31.3 Å². The predicted octanol–water partition coefficient (Wildman–Crippen LogP) is 7.66. The zero-order valence-electron chi connectivity index (χ0n) is 20.9. The number of aryl methyl sites for hydroxylation is 2. The van der Waals surface area contributed by atoms with Crippen LogP contribution < -0.4 is 10.1 Å². The number of halogens is 3. The standard InChI is InChI=1S/C29H34ClF2NO/c1-7-20(4)29(17-33-5,21-11-9-8-10-12-21)16-22-19(3)15-23(31)27(30)26(22)25-18(2)13-14-24(34-6)28(25)32/h8-15,20,33H,7,16-17H2,1-6H3/t20?,29-/m0/s1. The minimum absolute atomic E-state index is 0.0635. The van der Waals surface area contributed by atoms with Crippen LogP contribution in [0.15, 0.2) is 48.5 Å². The molecule has 0 amide bonds. The molecule has 0 heterocycles. The van der Waals surface area contributed by atoms with Crippen molar-refractivity contribution >= 4 is 11.6 Å². The van der Waals surface area contributed by atoms with Gasteiger partial charge in [-0.15, -0.1) is 0 Å². The van der Waals surface area contributed by atoms with Crippen molar-refractivity contribution in [2.24, 2.45) is 5.92 Å². The van der Waals surface area contributed by atoms with Crippen molar-refractivity contribution in [3.05, 3.63) is 87.4 Å². The highest BCUT2D eigenvalue weighted by Gasteiger charge is 2.38. The second kappa shape index (κ2) is 10.9. The molecule has 0 bridgehead atoms. The molecule has 0 spiro atoms. The van der Waals surface area contributed by atoms with Gasteiger partial charge in [0, 0.05) is 23.1 Å². The highest BCUT2D eigenvalue weighted by Crippen LogP contribution is 2.45. The molecule has 5 heteroatoms. The fourth-order valence-corrected chi connectivity index (χ4v) is 5.35. The maximum absolute atomic E-state index is 15.7. The third-order valence-corrected chi connectivity index (χ3v) is 7.59. The van der Waals surface area contributed by atoms with Crippen molar-refractivity contribution in [3.63, 3.8) is 0 Å². The lowest BCUT2D eigenvalue weighted by atomic mass is 9.65. The van der Waals surface area contributed by atoms with Crippen molar-refractivity contribution in [1.82, 2.24) is 5.32 Å². The zero-order chi connectivity index (χ0) is 25.0. The van der Waals surface area contributed by atoms with E-state index in [9.17, 15) is 4.39 Å². The van der Waals surface area contributed by atoms with E-state index >= 15 is 4.39 Å². The number of nitrogens with one attached hydrogen (secondary N) is 1. The number of methoxy groups -OCH3 is 1. The van der Waals surface area contributed by atoms with E-state index in [1.807, 2.05) is 39.1 Å². The van der Waals surface area contributed by atoms with Gasteiger partial charge in [0.2, 0.25) is 0 Å². The first kappa shape index (κ1) is 26.2. The molecular weight excluding hydrogens is 452 g/mol. The molecule has 0 aliphatic heterocycles. The van der Waals surface area contributed by atoms with Crippen LogP contribution in [0.25, 0.3) is 11.1 Å². The summed E-state index contributed by atoms with van der Waals surface area (Å²) in [5.74, 6) is -0.689. The van der Waals surface area contributed by atoms with E-state index in [1.54, 1.807) is 12.1 Å². The Balaban J connectivity index is 2.37. The molecule has 0 aromatic heterocycles. The average molecular weight is 486 g/mol. The Labute approximate surface area is 207 Å². The third-order valence-electron chi connectivity index (χ3n) is 7.22. The lowest BCUT2D eigenvalue weighted by Gasteiger charge is -2.41. The maximum atomic E-state index is 15.7. The van der Waals surface area contributed by atoms with Gasteiger partial charge in [-0.3, -0.25) is 0 Å². The van der Waals surface area contributed by atoms with Gasteiger partial charge in [0.05, 0.1) is 12.1 Å². The number of hydrogen-bond acceptors (Lipinski definition) is 2. The molecule has 0 aliphatic carbocycles. The first-order chi connectivity index (χ1) is 16.2. The van der Waals surface area contributed by atoms with Gasteiger partial charge < -0.3 is 10.1 Å². The lowest BCUT2D eigenvalue weighted by molar-refractivity contribution is 0.268. The Kier molecular flexibility index (Phi) is 8.38. The van der Waals surface area contributed by atoms with Gasteiger partial charge in [-0.2, -0.15) is 0 Å². The minimum Gasteiger partial charge on any atom is -0.494 e. The first-order valence-corrected chi connectivity index (χ1v) is 12.1. The number of likely N-dealkylation sites (N-methyl/N-ethyl adjacent to an activating group) is 1. The van der Waals surface area contributed by atoms with Gasteiger partial charge in [-0.25, -0.2) is 8.78 Å². The first-order valence-electron chi connectivity index (χ1n) is 11.7. The summed E-state index contributed by atoms with van der Waals surface area (Å²) >= 11 is 6.61. The van der Waals surface area contributed by atoms with Gasteiger partial charge in [0.15, 0.2) is 11.6 Å². The fraction of sp³-hybridized carbons (Fsp3) is 0.379. The van der Waals surface area contributed by atoms with E-state index in [0.717, 1.165) is 17.5 Å². The van der Waals surface area contributed by atoms with Crippen molar-refractivity contribution in [2.75, 3.05) is 20.7 Å². The number of hydrogen-bond donors (Lipinski definition) is 1. The summed E-state index contributed by atoms with van der Waals surface area (Å²) in [7, 11) is 3.37. The number of ether oxygens (including phenoxy) is 1. The molecule has 3 aromatic rings. The molecule has 0 radical (unpaired) electrons. The Morgan fingerprint density at radius 3 is 2.29 bits per heavy atom. The molecule has 2 atom stereocenters. The van der Waals surface area contributed by atoms with E-state index in [1.165, 1.54) is 18.7 Å². The normalized spacial score (nSPS) is 14.0. The molecule has 182 valence electrons. The van der Waals surface area contributed by atoms with Crippen molar-refractivity contribution in [1.29, 1.82) is 0 Å². The van der Waals surface area contributed by atoms with Crippen LogP contribution in [0, 0.1) is 31.4 Å². The molecule has 1 N–H and O–H groups in total. The van der Waals surface area contributed by atoms with E-state index in [0.29, 0.717) is 24.1 Å². The average Bonchev–Trinajstić information content (AvgIpc) is 2.83. The second-order valence-electron chi connectivity index (χ2n) is 9.16. The Bertz CT molecular complexity index is 1150. The third kappa shape index (κ3) is 4.71. The molecule has 0 saturated carbocycles. The van der Waals surface area contributed by atoms with E-state index < -0.39 is 11.6 Å². The van der Waals surface area contributed by atoms with Crippen LogP contribution in [0.2, 0.25) is 5.02 Å². The van der Waals surface area contributed by atoms with Crippen LogP contribution in [0.3, 0.4) is 0 Å². The quantitative estimate of drug-likeness (QED) is 0.336. The Morgan fingerprint density at radius 2 is 1.71 bits per heavy atom. The van der Waals surface area contributed by atoms with Crippen LogP contribution in [0.1, 0.15) is 42.5 Å². The van der Waals surface area contributed by atoms with Gasteiger partial charge >= 0.3 is 0 Å². The molecule has 3 aromatic carbocycles. The Morgan fingerprint density at radius 1 is 1.03 bits per heavy atom. The molecule has 1 unspecified atom stereocenters. The predicted molar refractivity (Wildman–Crippen MR) is 138 cm³/mol. The zero-order valence-corrected chi connectivity index (χ0v) is 21.6. The summed E-state index contributed by atoms with van der Waals surface area (Å²) < 4.78 is 35.9. The summed E-state index contributed by atoms with van der Waals surface area (Å²) in [6.45, 7) is 8.80. The van der Waals surface area contributed by atoms with Crippen molar-refractivity contribution < 1.29 is 13.5 Å². The summed E-state index contributed by atoms with van der Waals surface area (Å²) in [6.07, 6.45) is 1.52. The van der Waals surface area contributed by atoms with Gasteiger partial charge in [-0.05, 0) is 67.6 Å². The summed E-state index contributed by atoms with van der Waals surface area (Å²) in [5.41, 5.74) is 3.85. The molecule has 34 heavy (non-hydrogen) atoms. The van der Waals surface area contributed by atoms with E-state index in [-0.39, 0.29) is 27.7 Å². The highest BCUT2D eigenvalue weighted by molar-refractivity contribution is 6.33. The number of rotatable bonds is 9. The van der Waals surface area contributed by atoms with Crippen LogP contribution >= 0.6 is 11.6 Å². The molecular formula is C29H34ClF2NO. The molecule has 0 aliphatic rings. The largest absolute Gasteiger partial charge is 0.494 e. The van der Waals surface area contributed by atoms with Crippen LogP contribution in [-0.2, 0) is 11.8 Å². The lowest BCUT2D eigenvalue weighted by Crippen LogP contribution is -2.44. The molecule has 3 rings (SSSR count).